The molecule has 1 aliphatic rings. The Kier molecular flexibility index (Phi) is 3.83. The molecule has 140 valence electrons. The first-order valence-corrected chi connectivity index (χ1v) is 8.94. The smallest absolute Gasteiger partial charge is 0.280 e. The molecule has 3 aromatic rings. The molecule has 0 aliphatic carbocycles. The van der Waals surface area contributed by atoms with Gasteiger partial charge < -0.3 is 14.6 Å². The Balaban J connectivity index is 1.91. The molecule has 1 aromatic carbocycles. The van der Waals surface area contributed by atoms with Crippen LogP contribution in [-0.2, 0) is 13.1 Å². The van der Waals surface area contributed by atoms with E-state index < -0.39 is 0 Å². The van der Waals surface area contributed by atoms with E-state index in [1.807, 2.05) is 32.0 Å². The third-order valence-electron chi connectivity index (χ3n) is 5.41. The highest BCUT2D eigenvalue weighted by atomic mass is 16.3. The summed E-state index contributed by atoms with van der Waals surface area (Å²) in [6.45, 7) is 7.23. The number of nitrogens with zero attached hydrogens (tertiary/aromatic N) is 4. The first-order valence-electron chi connectivity index (χ1n) is 8.94. The Morgan fingerprint density at radius 2 is 1.85 bits per heavy atom. The van der Waals surface area contributed by atoms with Crippen molar-refractivity contribution in [3.63, 3.8) is 0 Å². The predicted octanol–water partition coefficient (Wildman–Crippen LogP) is 1.96. The number of rotatable bonds is 2. The Labute approximate surface area is 156 Å². The number of aromatic nitrogens is 3. The van der Waals surface area contributed by atoms with Crippen molar-refractivity contribution in [3.05, 3.63) is 56.6 Å². The summed E-state index contributed by atoms with van der Waals surface area (Å²) in [5, 5.41) is 15.3. The maximum atomic E-state index is 13.1. The summed E-state index contributed by atoms with van der Waals surface area (Å²) >= 11 is 0. The summed E-state index contributed by atoms with van der Waals surface area (Å²) < 4.78 is 3.08. The lowest BCUT2D eigenvalue weighted by Gasteiger charge is -2.25. The van der Waals surface area contributed by atoms with Gasteiger partial charge in [-0.3, -0.25) is 9.59 Å². The molecule has 4 rings (SSSR count). The van der Waals surface area contributed by atoms with Gasteiger partial charge in [-0.05, 0) is 37.5 Å². The third kappa shape index (κ3) is 2.53. The lowest BCUT2D eigenvalue weighted by atomic mass is 10.1. The van der Waals surface area contributed by atoms with Gasteiger partial charge in [-0.2, -0.15) is 5.10 Å². The second kappa shape index (κ2) is 5.97. The van der Waals surface area contributed by atoms with Gasteiger partial charge in [-0.15, -0.1) is 0 Å². The molecule has 27 heavy (non-hydrogen) atoms. The van der Waals surface area contributed by atoms with Gasteiger partial charge in [0.2, 0.25) is 0 Å². The van der Waals surface area contributed by atoms with Gasteiger partial charge in [0, 0.05) is 20.1 Å². The highest BCUT2D eigenvalue weighted by Gasteiger charge is 2.31. The maximum Gasteiger partial charge on any atom is 0.280 e. The minimum absolute atomic E-state index is 0.171. The number of carbonyl (C=O) groups excluding carboxylic acids is 1. The predicted molar refractivity (Wildman–Crippen MR) is 102 cm³/mol. The van der Waals surface area contributed by atoms with Crippen LogP contribution in [-0.4, -0.2) is 43.9 Å². The van der Waals surface area contributed by atoms with E-state index in [-0.39, 0.29) is 28.3 Å². The second-order valence-electron chi connectivity index (χ2n) is 7.27. The number of likely N-dealkylation sites (N-methyl/N-ethyl adjacent to an activating group) is 1. The van der Waals surface area contributed by atoms with Crippen LogP contribution in [0.25, 0.3) is 10.9 Å². The van der Waals surface area contributed by atoms with E-state index in [0.717, 1.165) is 11.1 Å². The molecule has 0 spiro atoms. The van der Waals surface area contributed by atoms with Crippen LogP contribution < -0.4 is 5.56 Å². The van der Waals surface area contributed by atoms with Gasteiger partial charge in [0.1, 0.15) is 5.39 Å². The number of fused-ring (bicyclic) bond motifs is 3. The zero-order valence-electron chi connectivity index (χ0n) is 15.9. The van der Waals surface area contributed by atoms with Crippen molar-refractivity contribution in [2.45, 2.75) is 33.9 Å². The van der Waals surface area contributed by atoms with Gasteiger partial charge in [0.25, 0.3) is 11.5 Å². The Morgan fingerprint density at radius 1 is 1.11 bits per heavy atom. The highest BCUT2D eigenvalue weighted by molar-refractivity contribution is 6.04. The average Bonchev–Trinajstić information content (AvgIpc) is 2.93. The molecule has 3 heterocycles. The summed E-state index contributed by atoms with van der Waals surface area (Å²) in [4.78, 5) is 27.1. The monoisotopic (exact) mass is 366 g/mol. The molecule has 0 radical (unpaired) electrons. The first-order chi connectivity index (χ1) is 12.8. The number of aromatic hydroxyl groups is 1. The van der Waals surface area contributed by atoms with Crippen molar-refractivity contribution in [2.24, 2.45) is 0 Å². The summed E-state index contributed by atoms with van der Waals surface area (Å²) in [6, 6.07) is 6.02. The van der Waals surface area contributed by atoms with Gasteiger partial charge >= 0.3 is 0 Å². The minimum atomic E-state index is -0.385. The molecule has 7 nitrogen and oxygen atoms in total. The van der Waals surface area contributed by atoms with Crippen LogP contribution >= 0.6 is 0 Å². The summed E-state index contributed by atoms with van der Waals surface area (Å²) in [5.74, 6) is -0.527. The van der Waals surface area contributed by atoms with Crippen molar-refractivity contribution in [3.8, 4) is 5.75 Å². The fourth-order valence-corrected chi connectivity index (χ4v) is 3.74. The highest BCUT2D eigenvalue weighted by Crippen LogP contribution is 2.33. The molecule has 0 bridgehead atoms. The van der Waals surface area contributed by atoms with Crippen LogP contribution in [0.2, 0.25) is 0 Å². The van der Waals surface area contributed by atoms with Crippen molar-refractivity contribution < 1.29 is 9.90 Å². The molecule has 0 fully saturated rings. The first kappa shape index (κ1) is 17.3. The minimum Gasteiger partial charge on any atom is -0.505 e. The molecule has 1 amide bonds. The number of carbonyl (C=O) groups is 1. The van der Waals surface area contributed by atoms with Crippen molar-refractivity contribution in [2.75, 3.05) is 13.6 Å². The third-order valence-corrected chi connectivity index (χ3v) is 5.41. The Bertz CT molecular complexity index is 1160. The van der Waals surface area contributed by atoms with Gasteiger partial charge in [0.05, 0.1) is 17.8 Å². The molecule has 0 saturated heterocycles. The van der Waals surface area contributed by atoms with Crippen LogP contribution in [0.1, 0.15) is 32.9 Å². The van der Waals surface area contributed by atoms with E-state index >= 15 is 0 Å². The Hall–Kier alpha value is -3.09. The summed E-state index contributed by atoms with van der Waals surface area (Å²) in [7, 11) is 1.69. The van der Waals surface area contributed by atoms with Gasteiger partial charge in [-0.25, -0.2) is 4.68 Å². The SMILES string of the molecule is Cc1ccc(Cn2nc(C)c3c(c(O)c4n3CCN(C)C4=O)c2=O)cc1C. The lowest BCUT2D eigenvalue weighted by molar-refractivity contribution is 0.0747. The van der Waals surface area contributed by atoms with E-state index in [1.165, 1.54) is 10.2 Å². The molecule has 0 atom stereocenters. The zero-order chi connectivity index (χ0) is 19.5. The van der Waals surface area contributed by atoms with Crippen molar-refractivity contribution >= 4 is 16.8 Å². The number of aryl methyl sites for hydroxylation is 3. The molecular formula is C20H22N4O3. The fourth-order valence-electron chi connectivity index (χ4n) is 3.74. The van der Waals surface area contributed by atoms with Crippen LogP contribution in [0.5, 0.6) is 5.75 Å². The lowest BCUT2D eigenvalue weighted by Crippen LogP contribution is -2.37. The summed E-state index contributed by atoms with van der Waals surface area (Å²) in [6.07, 6.45) is 0. The average molecular weight is 366 g/mol. The molecule has 1 N–H and O–H groups in total. The Morgan fingerprint density at radius 3 is 2.56 bits per heavy atom. The van der Waals surface area contributed by atoms with Crippen molar-refractivity contribution in [1.29, 1.82) is 0 Å². The van der Waals surface area contributed by atoms with Crippen LogP contribution in [0.4, 0.5) is 0 Å². The van der Waals surface area contributed by atoms with E-state index in [2.05, 4.69) is 5.10 Å². The second-order valence-corrected chi connectivity index (χ2v) is 7.27. The van der Waals surface area contributed by atoms with Gasteiger partial charge in [0.15, 0.2) is 11.4 Å². The quantitative estimate of drug-likeness (QED) is 0.752. The van der Waals surface area contributed by atoms with Crippen LogP contribution in [0, 0.1) is 20.8 Å². The topological polar surface area (TPSA) is 80.4 Å². The molecule has 0 saturated carbocycles. The largest absolute Gasteiger partial charge is 0.505 e. The molecule has 1 aliphatic heterocycles. The van der Waals surface area contributed by atoms with E-state index in [1.54, 1.807) is 23.4 Å². The zero-order valence-corrected chi connectivity index (χ0v) is 15.9. The maximum absolute atomic E-state index is 13.1. The van der Waals surface area contributed by atoms with Crippen LogP contribution in [0.3, 0.4) is 0 Å². The molecule has 2 aromatic heterocycles. The number of amides is 1. The molecular weight excluding hydrogens is 344 g/mol. The molecule has 0 unspecified atom stereocenters. The summed E-state index contributed by atoms with van der Waals surface area (Å²) in [5.41, 5.74) is 4.25. The van der Waals surface area contributed by atoms with Gasteiger partial charge in [-0.1, -0.05) is 18.2 Å². The number of hydrogen-bond acceptors (Lipinski definition) is 4. The van der Waals surface area contributed by atoms with E-state index in [4.69, 9.17) is 0 Å². The number of benzene rings is 1. The normalized spacial score (nSPS) is 14.1. The number of hydrogen-bond donors (Lipinski definition) is 1. The molecule has 7 heteroatoms. The van der Waals surface area contributed by atoms with E-state index in [0.29, 0.717) is 30.8 Å². The standard InChI is InChI=1S/C20H22N4O3/c1-11-5-6-14(9-12(11)2)10-24-19(26)15-16(13(3)21-24)23-8-7-22(4)20(27)17(23)18(15)25/h5-6,9,25H,7-8,10H2,1-4H3. The van der Waals surface area contributed by atoms with Crippen molar-refractivity contribution in [1.82, 2.24) is 19.2 Å². The fraction of sp³-hybridized carbons (Fsp3) is 0.350. The van der Waals surface area contributed by atoms with Crippen LogP contribution in [0.15, 0.2) is 23.0 Å². The van der Waals surface area contributed by atoms with E-state index in [9.17, 15) is 14.7 Å².